The van der Waals surface area contributed by atoms with Crippen LogP contribution in [0.4, 0.5) is 0 Å². The van der Waals surface area contributed by atoms with E-state index in [4.69, 9.17) is 4.42 Å². The van der Waals surface area contributed by atoms with Crippen molar-refractivity contribution in [2.45, 2.75) is 11.0 Å². The molecular weight excluding hydrogens is 296 g/mol. The van der Waals surface area contributed by atoms with Crippen molar-refractivity contribution in [3.8, 4) is 0 Å². The smallest absolute Gasteiger partial charge is 0.340 e. The minimum Gasteiger partial charge on any atom is -0.465 e. The molecule has 1 aromatic carbocycles. The highest BCUT2D eigenvalue weighted by Crippen LogP contribution is 2.26. The van der Waals surface area contributed by atoms with Crippen LogP contribution in [0.25, 0.3) is 11.1 Å². The summed E-state index contributed by atoms with van der Waals surface area (Å²) in [4.78, 5) is 29.2. The molecule has 108 valence electrons. The fourth-order valence-electron chi connectivity index (χ4n) is 1.71. The minimum atomic E-state index is -0.434. The number of hydrogen-bond acceptors (Lipinski definition) is 7. The van der Waals surface area contributed by atoms with E-state index in [1.54, 1.807) is 18.2 Å². The molecule has 3 rings (SSSR count). The molecule has 0 saturated carbocycles. The highest BCUT2D eigenvalue weighted by Gasteiger charge is 2.11. The van der Waals surface area contributed by atoms with Crippen LogP contribution in [0.2, 0.25) is 0 Å². The van der Waals surface area contributed by atoms with E-state index in [9.17, 15) is 9.59 Å². The van der Waals surface area contributed by atoms with Gasteiger partial charge in [-0.05, 0) is 18.2 Å². The number of carbonyl (C=O) groups excluding carboxylic acids is 1. The predicted octanol–water partition coefficient (Wildman–Crippen LogP) is 1.32. The Labute approximate surface area is 121 Å². The number of aromatic nitrogens is 4. The molecule has 0 atom stereocenters. The van der Waals surface area contributed by atoms with Crippen LogP contribution in [0.5, 0.6) is 0 Å². The number of thioether (sulfide) groups is 1. The average Bonchev–Trinajstić information content (AvgIpc) is 3.08. The van der Waals surface area contributed by atoms with Crippen LogP contribution < -0.4 is 5.69 Å². The molecule has 0 saturated heterocycles. The third-order valence-electron chi connectivity index (χ3n) is 2.67. The molecular formula is C12H10N4O4S. The largest absolute Gasteiger partial charge is 0.465 e. The molecule has 0 aliphatic carbocycles. The number of ether oxygens (including phenoxy) is 1. The summed E-state index contributed by atoms with van der Waals surface area (Å²) in [7, 11) is 1.32. The Hall–Kier alpha value is -2.55. The molecule has 0 unspecified atom stereocenters. The van der Waals surface area contributed by atoms with Gasteiger partial charge in [-0.1, -0.05) is 11.8 Å². The van der Waals surface area contributed by atoms with Crippen LogP contribution in [0, 0.1) is 0 Å². The standard InChI is InChI=1S/C12H10N4O4S/c1-19-10(17)6-2-3-7-8(4-6)20-12(13-7)21-5-9-14-11(18)16-15-9/h2-4H,5H2,1H3,(H2,14,15,16,18). The Bertz CT molecular complexity index is 850. The van der Waals surface area contributed by atoms with Crippen LogP contribution in [-0.4, -0.2) is 33.2 Å². The fourth-order valence-corrected chi connectivity index (χ4v) is 2.42. The number of aromatic amines is 2. The summed E-state index contributed by atoms with van der Waals surface area (Å²) in [5.74, 6) is 0.481. The molecule has 0 bridgehead atoms. The Kier molecular flexibility index (Phi) is 3.48. The number of esters is 1. The van der Waals surface area contributed by atoms with Gasteiger partial charge in [0.2, 0.25) is 0 Å². The Morgan fingerprint density at radius 1 is 1.48 bits per heavy atom. The van der Waals surface area contributed by atoms with E-state index in [1.807, 2.05) is 0 Å². The van der Waals surface area contributed by atoms with E-state index < -0.39 is 5.97 Å². The number of fused-ring (bicyclic) bond motifs is 1. The van der Waals surface area contributed by atoms with Gasteiger partial charge in [0, 0.05) is 0 Å². The first-order valence-corrected chi connectivity index (χ1v) is 6.89. The van der Waals surface area contributed by atoms with Gasteiger partial charge in [0.25, 0.3) is 5.22 Å². The number of nitrogens with zero attached hydrogens (tertiary/aromatic N) is 2. The molecule has 9 heteroatoms. The van der Waals surface area contributed by atoms with Crippen LogP contribution in [0.3, 0.4) is 0 Å². The number of carbonyl (C=O) groups is 1. The zero-order valence-corrected chi connectivity index (χ0v) is 11.7. The zero-order valence-electron chi connectivity index (χ0n) is 10.9. The lowest BCUT2D eigenvalue weighted by Gasteiger charge is -1.96. The Morgan fingerprint density at radius 2 is 2.33 bits per heavy atom. The number of oxazole rings is 1. The van der Waals surface area contributed by atoms with Crippen molar-refractivity contribution in [2.24, 2.45) is 0 Å². The van der Waals surface area contributed by atoms with Crippen molar-refractivity contribution in [1.29, 1.82) is 0 Å². The van der Waals surface area contributed by atoms with Crippen molar-refractivity contribution in [1.82, 2.24) is 20.2 Å². The summed E-state index contributed by atoms with van der Waals surface area (Å²) < 4.78 is 10.2. The summed E-state index contributed by atoms with van der Waals surface area (Å²) in [6.45, 7) is 0. The SMILES string of the molecule is COC(=O)c1ccc2nc(SCc3n[nH]c(=O)[nH]3)oc2c1. The van der Waals surface area contributed by atoms with Gasteiger partial charge in [-0.2, -0.15) is 5.10 Å². The van der Waals surface area contributed by atoms with E-state index in [1.165, 1.54) is 18.9 Å². The van der Waals surface area contributed by atoms with E-state index >= 15 is 0 Å². The first kappa shape index (κ1) is 13.4. The lowest BCUT2D eigenvalue weighted by atomic mass is 10.2. The van der Waals surface area contributed by atoms with Crippen molar-refractivity contribution in [3.63, 3.8) is 0 Å². The molecule has 0 amide bonds. The van der Waals surface area contributed by atoms with Gasteiger partial charge < -0.3 is 9.15 Å². The molecule has 8 nitrogen and oxygen atoms in total. The van der Waals surface area contributed by atoms with Gasteiger partial charge in [-0.25, -0.2) is 19.7 Å². The fraction of sp³-hybridized carbons (Fsp3) is 0.167. The average molecular weight is 306 g/mol. The second-order valence-corrected chi connectivity index (χ2v) is 4.99. The lowest BCUT2D eigenvalue weighted by Crippen LogP contribution is -2.00. The van der Waals surface area contributed by atoms with Crippen LogP contribution in [-0.2, 0) is 10.5 Å². The van der Waals surface area contributed by atoms with Crippen LogP contribution in [0.1, 0.15) is 16.2 Å². The second-order valence-electron chi connectivity index (χ2n) is 4.07. The molecule has 0 fully saturated rings. The van der Waals surface area contributed by atoms with Gasteiger partial charge in [0.1, 0.15) is 11.3 Å². The van der Waals surface area contributed by atoms with Crippen LogP contribution in [0.15, 0.2) is 32.6 Å². The summed E-state index contributed by atoms with van der Waals surface area (Å²) in [6, 6.07) is 4.89. The van der Waals surface area contributed by atoms with Crippen molar-refractivity contribution < 1.29 is 13.9 Å². The highest BCUT2D eigenvalue weighted by atomic mass is 32.2. The zero-order chi connectivity index (χ0) is 14.8. The third-order valence-corrected chi connectivity index (χ3v) is 3.51. The first-order valence-electron chi connectivity index (χ1n) is 5.91. The van der Waals surface area contributed by atoms with Gasteiger partial charge in [-0.15, -0.1) is 0 Å². The molecule has 0 spiro atoms. The van der Waals surface area contributed by atoms with Gasteiger partial charge >= 0.3 is 11.7 Å². The van der Waals surface area contributed by atoms with Gasteiger partial charge in [0.15, 0.2) is 5.58 Å². The maximum absolute atomic E-state index is 11.4. The number of nitrogens with one attached hydrogen (secondary N) is 2. The predicted molar refractivity (Wildman–Crippen MR) is 74.1 cm³/mol. The third kappa shape index (κ3) is 2.82. The van der Waals surface area contributed by atoms with E-state index in [0.29, 0.717) is 33.5 Å². The van der Waals surface area contributed by atoms with Crippen LogP contribution >= 0.6 is 11.8 Å². The molecule has 3 aromatic rings. The summed E-state index contributed by atoms with van der Waals surface area (Å²) in [6.07, 6.45) is 0. The van der Waals surface area contributed by atoms with Crippen molar-refractivity contribution in [2.75, 3.05) is 7.11 Å². The number of rotatable bonds is 4. The maximum Gasteiger partial charge on any atom is 0.340 e. The molecule has 2 aromatic heterocycles. The van der Waals surface area contributed by atoms with E-state index in [2.05, 4.69) is 24.9 Å². The van der Waals surface area contributed by atoms with Gasteiger partial charge in [-0.3, -0.25) is 4.98 Å². The number of benzene rings is 1. The molecule has 0 aliphatic rings. The van der Waals surface area contributed by atoms with E-state index in [0.717, 1.165) is 0 Å². The number of hydrogen-bond donors (Lipinski definition) is 2. The first-order chi connectivity index (χ1) is 10.2. The summed E-state index contributed by atoms with van der Waals surface area (Å²) >= 11 is 1.29. The molecule has 2 N–H and O–H groups in total. The van der Waals surface area contributed by atoms with Gasteiger partial charge in [0.05, 0.1) is 18.4 Å². The molecule has 21 heavy (non-hydrogen) atoms. The molecule has 2 heterocycles. The highest BCUT2D eigenvalue weighted by molar-refractivity contribution is 7.98. The maximum atomic E-state index is 11.4. The lowest BCUT2D eigenvalue weighted by molar-refractivity contribution is 0.0601. The number of H-pyrrole nitrogens is 2. The second kappa shape index (κ2) is 5.44. The molecule has 0 radical (unpaired) electrons. The Morgan fingerprint density at radius 3 is 3.05 bits per heavy atom. The van der Waals surface area contributed by atoms with E-state index in [-0.39, 0.29) is 5.69 Å². The van der Waals surface area contributed by atoms with Crippen molar-refractivity contribution >= 4 is 28.8 Å². The quantitative estimate of drug-likeness (QED) is 0.552. The summed E-state index contributed by atoms with van der Waals surface area (Å²) in [5, 5.41) is 6.50. The normalized spacial score (nSPS) is 10.9. The summed E-state index contributed by atoms with van der Waals surface area (Å²) in [5.41, 5.74) is 1.18. The van der Waals surface area contributed by atoms with Crippen molar-refractivity contribution in [3.05, 3.63) is 40.1 Å². The number of methoxy groups -OCH3 is 1. The monoisotopic (exact) mass is 306 g/mol. The molecule has 0 aliphatic heterocycles. The Balaban J connectivity index is 1.80. The minimum absolute atomic E-state index is 0.356. The topological polar surface area (TPSA) is 114 Å².